The standard InChI is InChI=1S/C39H81NO/c1-3-5-7-9-11-13-15-17-19-21-23-25-27-29-31-33-35-38(37-39(40)41)36-34-32-30-28-26-24-22-20-18-16-14-12-10-8-6-4-2/h38-39,41H,3-37,40H2,1-2H3. The molecule has 0 radical (unpaired) electrons. The van der Waals surface area contributed by atoms with E-state index in [0.717, 1.165) is 6.42 Å². The van der Waals surface area contributed by atoms with Gasteiger partial charge in [-0.2, -0.15) is 0 Å². The molecule has 0 aliphatic heterocycles. The van der Waals surface area contributed by atoms with E-state index in [4.69, 9.17) is 5.73 Å². The first kappa shape index (κ1) is 40.9. The van der Waals surface area contributed by atoms with Gasteiger partial charge in [-0.3, -0.25) is 0 Å². The van der Waals surface area contributed by atoms with Crippen LogP contribution in [0.3, 0.4) is 0 Å². The van der Waals surface area contributed by atoms with E-state index in [1.54, 1.807) is 0 Å². The van der Waals surface area contributed by atoms with Gasteiger partial charge in [-0.05, 0) is 12.3 Å². The fraction of sp³-hybridized carbons (Fsp3) is 1.00. The average molecular weight is 580 g/mol. The van der Waals surface area contributed by atoms with Crippen LogP contribution in [-0.2, 0) is 0 Å². The molecular weight excluding hydrogens is 498 g/mol. The minimum atomic E-state index is -0.623. The Kier molecular flexibility index (Phi) is 36.0. The highest BCUT2D eigenvalue weighted by atomic mass is 16.3. The largest absolute Gasteiger partial charge is 0.379 e. The van der Waals surface area contributed by atoms with E-state index in [1.807, 2.05) is 0 Å². The lowest BCUT2D eigenvalue weighted by atomic mass is 9.91. The molecule has 0 fully saturated rings. The van der Waals surface area contributed by atoms with Crippen molar-refractivity contribution in [3.63, 3.8) is 0 Å². The van der Waals surface area contributed by atoms with Crippen molar-refractivity contribution < 1.29 is 5.11 Å². The number of nitrogens with two attached hydrogens (primary N) is 1. The SMILES string of the molecule is CCCCCCCCCCCCCCCCCCC(CCCCCCCCCCCCCCCCCC)CC(N)O. The van der Waals surface area contributed by atoms with Crippen LogP contribution in [0.15, 0.2) is 0 Å². The van der Waals surface area contributed by atoms with Crippen LogP contribution >= 0.6 is 0 Å². The second kappa shape index (κ2) is 36.1. The van der Waals surface area contributed by atoms with Gasteiger partial charge in [0.05, 0.1) is 0 Å². The Morgan fingerprint density at radius 1 is 0.341 bits per heavy atom. The summed E-state index contributed by atoms with van der Waals surface area (Å²) in [7, 11) is 0. The molecule has 0 spiro atoms. The van der Waals surface area contributed by atoms with Gasteiger partial charge < -0.3 is 10.8 Å². The van der Waals surface area contributed by atoms with Gasteiger partial charge in [0.25, 0.3) is 0 Å². The third kappa shape index (κ3) is 36.0. The summed E-state index contributed by atoms with van der Waals surface area (Å²) in [5.74, 6) is 0.633. The molecule has 2 nitrogen and oxygen atoms in total. The number of hydrogen-bond acceptors (Lipinski definition) is 2. The minimum Gasteiger partial charge on any atom is -0.379 e. The summed E-state index contributed by atoms with van der Waals surface area (Å²) in [4.78, 5) is 0. The molecule has 1 unspecified atom stereocenters. The van der Waals surface area contributed by atoms with Gasteiger partial charge in [0, 0.05) is 0 Å². The van der Waals surface area contributed by atoms with E-state index in [-0.39, 0.29) is 0 Å². The smallest absolute Gasteiger partial charge is 0.102 e. The van der Waals surface area contributed by atoms with Crippen molar-refractivity contribution in [3.05, 3.63) is 0 Å². The van der Waals surface area contributed by atoms with Crippen molar-refractivity contribution in [2.45, 2.75) is 245 Å². The third-order valence-corrected chi connectivity index (χ3v) is 9.51. The lowest BCUT2D eigenvalue weighted by molar-refractivity contribution is 0.141. The Hall–Kier alpha value is -0.0800. The maximum atomic E-state index is 9.77. The van der Waals surface area contributed by atoms with Crippen LogP contribution < -0.4 is 5.73 Å². The summed E-state index contributed by atoms with van der Waals surface area (Å²) in [5.41, 5.74) is 5.77. The molecular formula is C39H81NO. The van der Waals surface area contributed by atoms with Crippen LogP contribution in [0.5, 0.6) is 0 Å². The minimum absolute atomic E-state index is 0.623. The predicted molar refractivity (Wildman–Crippen MR) is 187 cm³/mol. The van der Waals surface area contributed by atoms with Crippen LogP contribution in [-0.4, -0.2) is 11.3 Å². The molecule has 2 heteroatoms. The Labute approximate surface area is 261 Å². The normalized spacial score (nSPS) is 12.5. The van der Waals surface area contributed by atoms with E-state index in [2.05, 4.69) is 13.8 Å². The van der Waals surface area contributed by atoms with Crippen LogP contribution in [0.25, 0.3) is 0 Å². The zero-order valence-electron chi connectivity index (χ0n) is 28.9. The second-order valence-electron chi connectivity index (χ2n) is 13.9. The molecule has 0 saturated carbocycles. The summed E-state index contributed by atoms with van der Waals surface area (Å²) >= 11 is 0. The molecule has 0 saturated heterocycles. The summed E-state index contributed by atoms with van der Waals surface area (Å²) in [6, 6.07) is 0. The van der Waals surface area contributed by atoms with Crippen molar-refractivity contribution in [2.24, 2.45) is 11.7 Å². The van der Waals surface area contributed by atoms with Gasteiger partial charge in [0.15, 0.2) is 0 Å². The molecule has 1 atom stereocenters. The fourth-order valence-corrected chi connectivity index (χ4v) is 6.68. The molecule has 0 aliphatic rings. The molecule has 0 heterocycles. The first-order valence-electron chi connectivity index (χ1n) is 19.6. The molecule has 41 heavy (non-hydrogen) atoms. The van der Waals surface area contributed by atoms with Crippen molar-refractivity contribution in [1.29, 1.82) is 0 Å². The van der Waals surface area contributed by atoms with E-state index in [0.29, 0.717) is 5.92 Å². The highest BCUT2D eigenvalue weighted by Gasteiger charge is 2.12. The molecule has 0 aromatic carbocycles. The highest BCUT2D eigenvalue weighted by molar-refractivity contribution is 4.64. The summed E-state index contributed by atoms with van der Waals surface area (Å²) < 4.78 is 0. The fourth-order valence-electron chi connectivity index (χ4n) is 6.68. The Balaban J connectivity index is 3.46. The van der Waals surface area contributed by atoms with Crippen LogP contribution in [0.4, 0.5) is 0 Å². The van der Waals surface area contributed by atoms with Gasteiger partial charge in [-0.25, -0.2) is 0 Å². The first-order valence-corrected chi connectivity index (χ1v) is 19.6. The van der Waals surface area contributed by atoms with E-state index in [9.17, 15) is 5.11 Å². The van der Waals surface area contributed by atoms with Gasteiger partial charge in [0.1, 0.15) is 6.23 Å². The summed E-state index contributed by atoms with van der Waals surface area (Å²) in [6.07, 6.45) is 48.4. The lowest BCUT2D eigenvalue weighted by Crippen LogP contribution is -2.22. The predicted octanol–water partition coefficient (Wildman–Crippen LogP) is 13.6. The summed E-state index contributed by atoms with van der Waals surface area (Å²) in [5, 5.41) is 9.77. The zero-order chi connectivity index (χ0) is 29.9. The molecule has 3 N–H and O–H groups in total. The molecule has 0 aromatic heterocycles. The number of aliphatic hydroxyl groups excluding tert-OH is 1. The second-order valence-corrected chi connectivity index (χ2v) is 13.9. The maximum absolute atomic E-state index is 9.77. The van der Waals surface area contributed by atoms with Gasteiger partial charge in [0.2, 0.25) is 0 Å². The molecule has 0 aromatic rings. The molecule has 0 bridgehead atoms. The Morgan fingerprint density at radius 2 is 0.537 bits per heavy atom. The Morgan fingerprint density at radius 3 is 0.732 bits per heavy atom. The monoisotopic (exact) mass is 580 g/mol. The van der Waals surface area contributed by atoms with Crippen LogP contribution in [0, 0.1) is 5.92 Å². The van der Waals surface area contributed by atoms with Crippen molar-refractivity contribution in [2.75, 3.05) is 0 Å². The Bertz CT molecular complexity index is 415. The first-order chi connectivity index (χ1) is 20.2. The lowest BCUT2D eigenvalue weighted by Gasteiger charge is -2.18. The molecule has 0 aliphatic carbocycles. The zero-order valence-corrected chi connectivity index (χ0v) is 28.9. The third-order valence-electron chi connectivity index (χ3n) is 9.51. The number of hydrogen-bond donors (Lipinski definition) is 2. The van der Waals surface area contributed by atoms with Crippen LogP contribution in [0.1, 0.15) is 239 Å². The van der Waals surface area contributed by atoms with Crippen molar-refractivity contribution in [1.82, 2.24) is 0 Å². The van der Waals surface area contributed by atoms with Gasteiger partial charge in [-0.1, -0.05) is 232 Å². The topological polar surface area (TPSA) is 46.2 Å². The van der Waals surface area contributed by atoms with Gasteiger partial charge >= 0.3 is 0 Å². The number of aliphatic hydroxyl groups is 1. The summed E-state index contributed by atoms with van der Waals surface area (Å²) in [6.45, 7) is 4.60. The highest BCUT2D eigenvalue weighted by Crippen LogP contribution is 2.23. The van der Waals surface area contributed by atoms with Crippen LogP contribution in [0.2, 0.25) is 0 Å². The van der Waals surface area contributed by atoms with Crippen molar-refractivity contribution >= 4 is 0 Å². The molecule has 248 valence electrons. The number of rotatable bonds is 36. The van der Waals surface area contributed by atoms with Crippen molar-refractivity contribution in [3.8, 4) is 0 Å². The average Bonchev–Trinajstić information content (AvgIpc) is 2.96. The van der Waals surface area contributed by atoms with E-state index < -0.39 is 6.23 Å². The number of unbranched alkanes of at least 4 members (excludes halogenated alkanes) is 30. The van der Waals surface area contributed by atoms with E-state index >= 15 is 0 Å². The molecule has 0 rings (SSSR count). The van der Waals surface area contributed by atoms with E-state index in [1.165, 1.54) is 218 Å². The quantitative estimate of drug-likeness (QED) is 0.0572. The maximum Gasteiger partial charge on any atom is 0.102 e. The molecule has 0 amide bonds. The van der Waals surface area contributed by atoms with Gasteiger partial charge in [-0.15, -0.1) is 0 Å².